The summed E-state index contributed by atoms with van der Waals surface area (Å²) in [7, 11) is 3.11. The minimum absolute atomic E-state index is 0.00522. The van der Waals surface area contributed by atoms with E-state index in [4.69, 9.17) is 13.9 Å². The van der Waals surface area contributed by atoms with Crippen LogP contribution in [0.3, 0.4) is 0 Å². The highest BCUT2D eigenvalue weighted by atomic mass is 16.6. The van der Waals surface area contributed by atoms with Crippen LogP contribution in [-0.2, 0) is 6.42 Å². The molecule has 0 fully saturated rings. The molecule has 2 heterocycles. The number of nitrogens with zero attached hydrogens (tertiary/aromatic N) is 2. The van der Waals surface area contributed by atoms with Crippen LogP contribution in [0.2, 0.25) is 0 Å². The number of carbonyl (C=O) groups excluding carboxylic acids is 1. The molecule has 1 aliphatic heterocycles. The van der Waals surface area contributed by atoms with Crippen LogP contribution in [-0.4, -0.2) is 36.5 Å². The fourth-order valence-corrected chi connectivity index (χ4v) is 4.61. The summed E-state index contributed by atoms with van der Waals surface area (Å²) in [6.07, 6.45) is 0.470. The highest BCUT2D eigenvalue weighted by molar-refractivity contribution is 5.99. The van der Waals surface area contributed by atoms with E-state index in [0.717, 1.165) is 5.56 Å². The molecule has 0 aliphatic carbocycles. The highest BCUT2D eigenvalue weighted by Crippen LogP contribution is 2.39. The minimum atomic E-state index is -0.741. The number of non-ortho nitro benzene ring substituents is 1. The molecule has 1 atom stereocenters. The lowest BCUT2D eigenvalue weighted by molar-refractivity contribution is -0.384. The summed E-state index contributed by atoms with van der Waals surface area (Å²) in [5.74, 6) is 0.753. The fraction of sp³-hybridized carbons (Fsp3) is 0.185. The first-order valence-electron chi connectivity index (χ1n) is 11.2. The summed E-state index contributed by atoms with van der Waals surface area (Å²) in [5.41, 5.74) is 1.69. The Labute approximate surface area is 205 Å². The molecular weight excluding hydrogens is 464 g/mol. The van der Waals surface area contributed by atoms with Crippen molar-refractivity contribution < 1.29 is 23.6 Å². The van der Waals surface area contributed by atoms with E-state index in [1.165, 1.54) is 12.1 Å². The van der Waals surface area contributed by atoms with Crippen molar-refractivity contribution in [2.75, 3.05) is 20.8 Å². The molecule has 1 amide bonds. The van der Waals surface area contributed by atoms with Crippen LogP contribution in [0.4, 0.5) is 5.69 Å². The Morgan fingerprint density at radius 3 is 2.39 bits per heavy atom. The van der Waals surface area contributed by atoms with Crippen molar-refractivity contribution in [3.63, 3.8) is 0 Å². The molecular formula is C27H22N2O7. The van der Waals surface area contributed by atoms with Gasteiger partial charge in [0.15, 0.2) is 16.9 Å². The van der Waals surface area contributed by atoms with Gasteiger partial charge < -0.3 is 18.8 Å². The maximum absolute atomic E-state index is 13.5. The molecule has 0 saturated carbocycles. The van der Waals surface area contributed by atoms with Crippen LogP contribution >= 0.6 is 0 Å². The molecule has 9 heteroatoms. The summed E-state index contributed by atoms with van der Waals surface area (Å²) >= 11 is 0. The summed E-state index contributed by atoms with van der Waals surface area (Å²) in [4.78, 5) is 39.3. The number of hydrogen-bond donors (Lipinski definition) is 0. The summed E-state index contributed by atoms with van der Waals surface area (Å²) in [6, 6.07) is 17.4. The third kappa shape index (κ3) is 3.84. The van der Waals surface area contributed by atoms with Gasteiger partial charge >= 0.3 is 0 Å². The number of benzene rings is 3. The Kier molecular flexibility index (Phi) is 5.89. The van der Waals surface area contributed by atoms with E-state index < -0.39 is 16.9 Å². The lowest BCUT2D eigenvalue weighted by atomic mass is 9.98. The summed E-state index contributed by atoms with van der Waals surface area (Å²) < 4.78 is 16.6. The van der Waals surface area contributed by atoms with E-state index in [1.54, 1.807) is 61.6 Å². The average molecular weight is 486 g/mol. The van der Waals surface area contributed by atoms with E-state index in [-0.39, 0.29) is 29.0 Å². The third-order valence-corrected chi connectivity index (χ3v) is 6.38. The molecule has 0 spiro atoms. The van der Waals surface area contributed by atoms with Gasteiger partial charge in [0.05, 0.1) is 36.1 Å². The predicted octanol–water partition coefficient (Wildman–Crippen LogP) is 4.51. The maximum atomic E-state index is 13.5. The molecule has 1 unspecified atom stereocenters. The monoisotopic (exact) mass is 486 g/mol. The van der Waals surface area contributed by atoms with Gasteiger partial charge in [0, 0.05) is 18.7 Å². The zero-order valence-electron chi connectivity index (χ0n) is 19.6. The second-order valence-corrected chi connectivity index (χ2v) is 8.36. The number of amides is 1. The Bertz CT molecular complexity index is 1540. The molecule has 182 valence electrons. The Morgan fingerprint density at radius 2 is 1.69 bits per heavy atom. The van der Waals surface area contributed by atoms with Crippen LogP contribution in [0.25, 0.3) is 11.0 Å². The zero-order chi connectivity index (χ0) is 25.4. The predicted molar refractivity (Wildman–Crippen MR) is 132 cm³/mol. The lowest BCUT2D eigenvalue weighted by Crippen LogP contribution is -2.31. The van der Waals surface area contributed by atoms with Gasteiger partial charge in [-0.15, -0.1) is 0 Å². The van der Waals surface area contributed by atoms with Crippen molar-refractivity contribution in [3.8, 4) is 11.5 Å². The largest absolute Gasteiger partial charge is 0.493 e. The molecule has 9 nitrogen and oxygen atoms in total. The molecule has 0 N–H and O–H groups in total. The second-order valence-electron chi connectivity index (χ2n) is 8.36. The Morgan fingerprint density at radius 1 is 0.972 bits per heavy atom. The molecule has 1 aliphatic rings. The van der Waals surface area contributed by atoms with Gasteiger partial charge in [-0.1, -0.05) is 18.2 Å². The normalized spacial score (nSPS) is 14.7. The summed E-state index contributed by atoms with van der Waals surface area (Å²) in [6.45, 7) is 0.274. The SMILES string of the molecule is COc1ccc(CCN2C(=O)c3oc4ccccc4c(=O)c3C2c2ccc([N+](=O)[O-])cc2)cc1OC. The van der Waals surface area contributed by atoms with E-state index in [1.807, 2.05) is 12.1 Å². The van der Waals surface area contributed by atoms with E-state index in [2.05, 4.69) is 0 Å². The third-order valence-electron chi connectivity index (χ3n) is 6.38. The molecule has 0 bridgehead atoms. The first-order chi connectivity index (χ1) is 17.4. The number of nitro groups is 1. The number of carbonyl (C=O) groups is 1. The number of hydrogen-bond acceptors (Lipinski definition) is 7. The van der Waals surface area contributed by atoms with Crippen molar-refractivity contribution in [3.05, 3.63) is 110 Å². The van der Waals surface area contributed by atoms with Crippen molar-refractivity contribution >= 4 is 22.6 Å². The van der Waals surface area contributed by atoms with Crippen molar-refractivity contribution in [1.29, 1.82) is 0 Å². The maximum Gasteiger partial charge on any atom is 0.290 e. The number of nitro benzene ring substituents is 1. The molecule has 0 saturated heterocycles. The zero-order valence-corrected chi connectivity index (χ0v) is 19.6. The highest BCUT2D eigenvalue weighted by Gasteiger charge is 2.42. The first-order valence-corrected chi connectivity index (χ1v) is 11.2. The Hall–Kier alpha value is -4.66. The van der Waals surface area contributed by atoms with Gasteiger partial charge in [-0.2, -0.15) is 0 Å². The van der Waals surface area contributed by atoms with Gasteiger partial charge in [-0.05, 0) is 53.9 Å². The van der Waals surface area contributed by atoms with Gasteiger partial charge in [0.2, 0.25) is 5.76 Å². The Balaban J connectivity index is 1.58. The van der Waals surface area contributed by atoms with Gasteiger partial charge in [-0.25, -0.2) is 0 Å². The van der Waals surface area contributed by atoms with Crippen LogP contribution < -0.4 is 14.9 Å². The van der Waals surface area contributed by atoms with Gasteiger partial charge in [0.1, 0.15) is 5.58 Å². The van der Waals surface area contributed by atoms with E-state index in [9.17, 15) is 19.7 Å². The van der Waals surface area contributed by atoms with Crippen molar-refractivity contribution in [2.24, 2.45) is 0 Å². The number of ether oxygens (including phenoxy) is 2. The van der Waals surface area contributed by atoms with Crippen LogP contribution in [0, 0.1) is 10.1 Å². The molecule has 4 aromatic rings. The van der Waals surface area contributed by atoms with Crippen LogP contribution in [0.15, 0.2) is 75.9 Å². The molecule has 5 rings (SSSR count). The van der Waals surface area contributed by atoms with Crippen molar-refractivity contribution in [2.45, 2.75) is 12.5 Å². The van der Waals surface area contributed by atoms with Gasteiger partial charge in [-0.3, -0.25) is 19.7 Å². The number of rotatable bonds is 7. The number of methoxy groups -OCH3 is 2. The number of para-hydroxylation sites is 1. The molecule has 3 aromatic carbocycles. The standard InChI is InChI=1S/C27H22N2O7/c1-34-21-12-7-16(15-22(21)35-2)13-14-28-24(17-8-10-18(11-9-17)29(32)33)23-25(30)19-5-3-4-6-20(19)36-26(23)27(28)31/h3-12,15,24H,13-14H2,1-2H3. The summed E-state index contributed by atoms with van der Waals surface area (Å²) in [5, 5.41) is 11.5. The minimum Gasteiger partial charge on any atom is -0.493 e. The molecule has 0 radical (unpaired) electrons. The molecule has 1 aromatic heterocycles. The smallest absolute Gasteiger partial charge is 0.290 e. The van der Waals surface area contributed by atoms with Crippen LogP contribution in [0.5, 0.6) is 11.5 Å². The van der Waals surface area contributed by atoms with E-state index in [0.29, 0.717) is 34.5 Å². The second kappa shape index (κ2) is 9.18. The quantitative estimate of drug-likeness (QED) is 0.279. The average Bonchev–Trinajstić information content (AvgIpc) is 3.18. The lowest BCUT2D eigenvalue weighted by Gasteiger charge is -2.25. The number of fused-ring (bicyclic) bond motifs is 2. The van der Waals surface area contributed by atoms with Crippen molar-refractivity contribution in [1.82, 2.24) is 4.90 Å². The molecule has 36 heavy (non-hydrogen) atoms. The first kappa shape index (κ1) is 23.1. The van der Waals surface area contributed by atoms with Crippen LogP contribution in [0.1, 0.15) is 33.3 Å². The fourth-order valence-electron chi connectivity index (χ4n) is 4.61. The van der Waals surface area contributed by atoms with E-state index >= 15 is 0 Å². The van der Waals surface area contributed by atoms with Gasteiger partial charge in [0.25, 0.3) is 11.6 Å². The topological polar surface area (TPSA) is 112 Å².